The lowest BCUT2D eigenvalue weighted by Crippen LogP contribution is -1.97. The molecule has 3 aromatic rings. The van der Waals surface area contributed by atoms with Gasteiger partial charge in [-0.25, -0.2) is 4.68 Å². The Morgan fingerprint density at radius 1 is 0.905 bits per heavy atom. The van der Waals surface area contributed by atoms with E-state index in [1.54, 1.807) is 0 Å². The normalized spacial score (nSPS) is 10.8. The van der Waals surface area contributed by atoms with Crippen molar-refractivity contribution in [1.82, 2.24) is 9.78 Å². The summed E-state index contributed by atoms with van der Waals surface area (Å²) in [5.74, 6) is 0. The third-order valence-electron chi connectivity index (χ3n) is 3.89. The fraction of sp³-hybridized carbons (Fsp3) is 0.167. The van der Waals surface area contributed by atoms with E-state index in [9.17, 15) is 0 Å². The Hall–Kier alpha value is -2.55. The van der Waals surface area contributed by atoms with Gasteiger partial charge in [0, 0.05) is 5.56 Å². The maximum absolute atomic E-state index is 6.17. The molecule has 0 bridgehead atoms. The van der Waals surface area contributed by atoms with Gasteiger partial charge in [-0.3, -0.25) is 0 Å². The van der Waals surface area contributed by atoms with E-state index in [0.29, 0.717) is 5.69 Å². The number of para-hydroxylation sites is 1. The third-order valence-corrected chi connectivity index (χ3v) is 3.89. The first-order chi connectivity index (χ1) is 10.1. The number of hydrogen-bond donors (Lipinski definition) is 1. The minimum atomic E-state index is 0.696. The lowest BCUT2D eigenvalue weighted by molar-refractivity contribution is 0.876. The number of aromatic nitrogens is 2. The summed E-state index contributed by atoms with van der Waals surface area (Å²) in [5.41, 5.74) is 13.5. The number of nitrogen functional groups attached to an aromatic ring is 1. The Kier molecular flexibility index (Phi) is 3.26. The predicted molar refractivity (Wildman–Crippen MR) is 87.6 cm³/mol. The average molecular weight is 277 g/mol. The first-order valence-corrected chi connectivity index (χ1v) is 7.05. The minimum Gasteiger partial charge on any atom is -0.396 e. The molecule has 0 atom stereocenters. The molecule has 3 rings (SSSR count). The third kappa shape index (κ3) is 2.42. The molecule has 0 aliphatic heterocycles. The minimum absolute atomic E-state index is 0.696. The molecule has 2 aromatic carbocycles. The molecule has 1 heterocycles. The molecule has 1 aromatic heterocycles. The maximum atomic E-state index is 6.17. The lowest BCUT2D eigenvalue weighted by atomic mass is 10.0. The number of aryl methyl sites for hydroxylation is 3. The van der Waals surface area contributed by atoms with Crippen LogP contribution in [-0.2, 0) is 0 Å². The molecule has 3 heteroatoms. The molecule has 2 N–H and O–H groups in total. The largest absolute Gasteiger partial charge is 0.396 e. The van der Waals surface area contributed by atoms with E-state index in [1.165, 1.54) is 16.7 Å². The molecule has 0 saturated carbocycles. The molecule has 0 fully saturated rings. The first kappa shape index (κ1) is 13.4. The second-order valence-electron chi connectivity index (χ2n) is 5.46. The van der Waals surface area contributed by atoms with Crippen LogP contribution in [-0.4, -0.2) is 9.78 Å². The zero-order chi connectivity index (χ0) is 15.0. The van der Waals surface area contributed by atoms with Gasteiger partial charge in [0.15, 0.2) is 0 Å². The van der Waals surface area contributed by atoms with E-state index in [1.807, 2.05) is 29.1 Å². The van der Waals surface area contributed by atoms with Crippen LogP contribution in [0.25, 0.3) is 16.9 Å². The van der Waals surface area contributed by atoms with E-state index >= 15 is 0 Å². The molecule has 0 aliphatic rings. The molecular formula is C18H19N3. The fourth-order valence-corrected chi connectivity index (χ4v) is 2.44. The smallest absolute Gasteiger partial charge is 0.116 e. The topological polar surface area (TPSA) is 43.8 Å². The molecule has 0 unspecified atom stereocenters. The molecule has 106 valence electrons. The number of benzene rings is 2. The van der Waals surface area contributed by atoms with Crippen LogP contribution in [0.15, 0.2) is 48.7 Å². The highest BCUT2D eigenvalue weighted by atomic mass is 15.3. The van der Waals surface area contributed by atoms with Gasteiger partial charge in [0.1, 0.15) is 5.69 Å². The number of anilines is 1. The summed E-state index contributed by atoms with van der Waals surface area (Å²) >= 11 is 0. The molecular weight excluding hydrogens is 258 g/mol. The Balaban J connectivity index is 2.10. The summed E-state index contributed by atoms with van der Waals surface area (Å²) in [4.78, 5) is 0. The summed E-state index contributed by atoms with van der Waals surface area (Å²) in [6.45, 7) is 6.28. The summed E-state index contributed by atoms with van der Waals surface area (Å²) in [7, 11) is 0. The van der Waals surface area contributed by atoms with Crippen LogP contribution < -0.4 is 5.73 Å². The second-order valence-corrected chi connectivity index (χ2v) is 5.46. The summed E-state index contributed by atoms with van der Waals surface area (Å²) < 4.78 is 1.86. The highest BCUT2D eigenvalue weighted by molar-refractivity contribution is 5.73. The average Bonchev–Trinajstić information content (AvgIpc) is 2.84. The van der Waals surface area contributed by atoms with Gasteiger partial charge in [0.2, 0.25) is 0 Å². The highest BCUT2D eigenvalue weighted by Gasteiger charge is 2.11. The zero-order valence-corrected chi connectivity index (χ0v) is 12.6. The van der Waals surface area contributed by atoms with E-state index in [0.717, 1.165) is 16.9 Å². The monoisotopic (exact) mass is 277 g/mol. The van der Waals surface area contributed by atoms with Gasteiger partial charge in [-0.15, -0.1) is 0 Å². The Bertz CT molecular complexity index is 800. The van der Waals surface area contributed by atoms with Crippen LogP contribution >= 0.6 is 0 Å². The van der Waals surface area contributed by atoms with Crippen molar-refractivity contribution in [3.05, 3.63) is 65.4 Å². The van der Waals surface area contributed by atoms with Crippen LogP contribution in [0.5, 0.6) is 0 Å². The van der Waals surface area contributed by atoms with E-state index in [-0.39, 0.29) is 0 Å². The quantitative estimate of drug-likeness (QED) is 0.768. The van der Waals surface area contributed by atoms with Crippen LogP contribution in [0, 0.1) is 20.8 Å². The molecule has 0 radical (unpaired) electrons. The standard InChI is InChI=1S/C18H19N3/c1-12-8-9-15(10-14(12)3)18-16(19)11-21(20-18)17-7-5-4-6-13(17)2/h4-11H,19H2,1-3H3. The SMILES string of the molecule is Cc1ccc(-c2nn(-c3ccccc3C)cc2N)cc1C. The van der Waals surface area contributed by atoms with Crippen molar-refractivity contribution >= 4 is 5.69 Å². The van der Waals surface area contributed by atoms with Gasteiger partial charge in [0.05, 0.1) is 17.6 Å². The second kappa shape index (κ2) is 5.09. The summed E-state index contributed by atoms with van der Waals surface area (Å²) in [5, 5.41) is 4.67. The van der Waals surface area contributed by atoms with Gasteiger partial charge >= 0.3 is 0 Å². The Labute approximate surface area is 125 Å². The number of nitrogens with zero attached hydrogens (tertiary/aromatic N) is 2. The van der Waals surface area contributed by atoms with Crippen molar-refractivity contribution in [2.45, 2.75) is 20.8 Å². The Morgan fingerprint density at radius 2 is 1.67 bits per heavy atom. The van der Waals surface area contributed by atoms with Gasteiger partial charge in [-0.05, 0) is 49.6 Å². The van der Waals surface area contributed by atoms with E-state index < -0.39 is 0 Å². The van der Waals surface area contributed by atoms with E-state index in [4.69, 9.17) is 5.73 Å². The van der Waals surface area contributed by atoms with Gasteiger partial charge in [-0.1, -0.05) is 30.3 Å². The van der Waals surface area contributed by atoms with Gasteiger partial charge in [0.25, 0.3) is 0 Å². The molecule has 0 amide bonds. The van der Waals surface area contributed by atoms with Crippen molar-refractivity contribution < 1.29 is 0 Å². The highest BCUT2D eigenvalue weighted by Crippen LogP contribution is 2.27. The van der Waals surface area contributed by atoms with Crippen LogP contribution in [0.2, 0.25) is 0 Å². The number of rotatable bonds is 2. The fourth-order valence-electron chi connectivity index (χ4n) is 2.44. The zero-order valence-electron chi connectivity index (χ0n) is 12.6. The van der Waals surface area contributed by atoms with Crippen LogP contribution in [0.3, 0.4) is 0 Å². The molecule has 21 heavy (non-hydrogen) atoms. The van der Waals surface area contributed by atoms with Gasteiger partial charge < -0.3 is 5.73 Å². The number of nitrogens with two attached hydrogens (primary N) is 1. The molecule has 3 nitrogen and oxygen atoms in total. The maximum Gasteiger partial charge on any atom is 0.116 e. The first-order valence-electron chi connectivity index (χ1n) is 7.05. The van der Waals surface area contributed by atoms with E-state index in [2.05, 4.69) is 50.1 Å². The summed E-state index contributed by atoms with van der Waals surface area (Å²) in [6.07, 6.45) is 1.88. The van der Waals surface area contributed by atoms with Gasteiger partial charge in [-0.2, -0.15) is 5.10 Å². The summed E-state index contributed by atoms with van der Waals surface area (Å²) in [6, 6.07) is 14.5. The van der Waals surface area contributed by atoms with Crippen molar-refractivity contribution in [3.8, 4) is 16.9 Å². The lowest BCUT2D eigenvalue weighted by Gasteiger charge is -2.05. The molecule has 0 saturated heterocycles. The molecule has 0 aliphatic carbocycles. The molecule has 0 spiro atoms. The number of hydrogen-bond acceptors (Lipinski definition) is 2. The predicted octanol–water partition coefficient (Wildman–Crippen LogP) is 4.05. The Morgan fingerprint density at radius 3 is 2.38 bits per heavy atom. The van der Waals surface area contributed by atoms with Crippen molar-refractivity contribution in [2.75, 3.05) is 5.73 Å². The van der Waals surface area contributed by atoms with Crippen molar-refractivity contribution in [1.29, 1.82) is 0 Å². The van der Waals surface area contributed by atoms with Crippen LogP contribution in [0.1, 0.15) is 16.7 Å². The van der Waals surface area contributed by atoms with Crippen LogP contribution in [0.4, 0.5) is 5.69 Å². The van der Waals surface area contributed by atoms with Crippen molar-refractivity contribution in [2.24, 2.45) is 0 Å². The van der Waals surface area contributed by atoms with Crippen molar-refractivity contribution in [3.63, 3.8) is 0 Å².